The molecule has 0 amide bonds. The molecule has 38 heavy (non-hydrogen) atoms. The Morgan fingerprint density at radius 2 is 1.95 bits per heavy atom. The summed E-state index contributed by atoms with van der Waals surface area (Å²) in [5.74, 6) is 0.568. The number of aliphatic imine (C=N–C) groups is 2. The van der Waals surface area contributed by atoms with Crippen LogP contribution >= 0.6 is 0 Å². The Labute approximate surface area is 227 Å². The second-order valence-electron chi connectivity index (χ2n) is 8.90. The minimum Gasteiger partial charge on any atom is -0.376 e. The molecule has 1 aliphatic rings. The molecule has 1 aliphatic heterocycles. The molecule has 3 heterocycles. The molecular formula is C32H38N6. The summed E-state index contributed by atoms with van der Waals surface area (Å²) in [5.41, 5.74) is 12.2. The van der Waals surface area contributed by atoms with Gasteiger partial charge in [0.1, 0.15) is 0 Å². The normalized spacial score (nSPS) is 14.4. The lowest BCUT2D eigenvalue weighted by molar-refractivity contribution is 0.523. The number of benzene rings is 1. The molecule has 0 atom stereocenters. The SMILES string of the molecule is C=NC(=Nc1ccc(C(/C=C2/C=CN(C)C2)=C/CCC)cc1CCc1ccccn1)c1cccnc1.CN. The number of allylic oxidation sites excluding steroid dienone is 3. The van der Waals surface area contributed by atoms with Crippen molar-refractivity contribution in [1.82, 2.24) is 14.9 Å². The Balaban J connectivity index is 0.00000195. The van der Waals surface area contributed by atoms with Gasteiger partial charge in [-0.15, -0.1) is 0 Å². The molecule has 0 bridgehead atoms. The van der Waals surface area contributed by atoms with Crippen LogP contribution in [0, 0.1) is 0 Å². The highest BCUT2D eigenvalue weighted by Crippen LogP contribution is 2.29. The van der Waals surface area contributed by atoms with Crippen LogP contribution in [0.4, 0.5) is 5.69 Å². The van der Waals surface area contributed by atoms with Crippen LogP contribution in [-0.2, 0) is 12.8 Å². The van der Waals surface area contributed by atoms with E-state index in [9.17, 15) is 0 Å². The predicted octanol–water partition coefficient (Wildman–Crippen LogP) is 6.18. The highest BCUT2D eigenvalue weighted by atomic mass is 15.1. The van der Waals surface area contributed by atoms with Crippen molar-refractivity contribution in [2.24, 2.45) is 15.7 Å². The summed E-state index contributed by atoms with van der Waals surface area (Å²) in [7, 11) is 3.60. The van der Waals surface area contributed by atoms with Crippen molar-refractivity contribution >= 4 is 23.8 Å². The van der Waals surface area contributed by atoms with E-state index in [0.29, 0.717) is 5.84 Å². The third-order valence-corrected chi connectivity index (χ3v) is 6.05. The second kappa shape index (κ2) is 15.2. The largest absolute Gasteiger partial charge is 0.376 e. The molecule has 6 nitrogen and oxygen atoms in total. The number of aromatic nitrogens is 2. The maximum Gasteiger partial charge on any atom is 0.160 e. The minimum atomic E-state index is 0.568. The van der Waals surface area contributed by atoms with Crippen molar-refractivity contribution in [1.29, 1.82) is 0 Å². The molecule has 196 valence electrons. The van der Waals surface area contributed by atoms with Gasteiger partial charge < -0.3 is 10.6 Å². The Hall–Kier alpha value is -4.16. The molecule has 3 aromatic rings. The Morgan fingerprint density at radius 1 is 1.08 bits per heavy atom. The molecule has 0 unspecified atom stereocenters. The highest BCUT2D eigenvalue weighted by molar-refractivity contribution is 6.02. The summed E-state index contributed by atoms with van der Waals surface area (Å²) in [6, 6.07) is 16.4. The number of aryl methyl sites for hydroxylation is 2. The predicted molar refractivity (Wildman–Crippen MR) is 161 cm³/mol. The molecule has 0 saturated heterocycles. The number of unbranched alkanes of at least 4 members (excludes halogenated alkanes) is 1. The van der Waals surface area contributed by atoms with Crippen LogP contribution < -0.4 is 5.73 Å². The van der Waals surface area contributed by atoms with Gasteiger partial charge >= 0.3 is 0 Å². The fourth-order valence-corrected chi connectivity index (χ4v) is 4.15. The van der Waals surface area contributed by atoms with Crippen LogP contribution in [0.25, 0.3) is 5.57 Å². The summed E-state index contributed by atoms with van der Waals surface area (Å²) in [4.78, 5) is 20.0. The third kappa shape index (κ3) is 8.18. The number of nitrogens with two attached hydrogens (primary N) is 1. The van der Waals surface area contributed by atoms with Crippen molar-refractivity contribution in [3.63, 3.8) is 0 Å². The van der Waals surface area contributed by atoms with E-state index in [1.165, 1.54) is 23.8 Å². The lowest BCUT2D eigenvalue weighted by Crippen LogP contribution is -2.06. The van der Waals surface area contributed by atoms with E-state index in [-0.39, 0.29) is 0 Å². The van der Waals surface area contributed by atoms with Gasteiger partial charge in [0, 0.05) is 43.4 Å². The monoisotopic (exact) mass is 506 g/mol. The number of hydrogen-bond acceptors (Lipinski definition) is 5. The number of likely N-dealkylation sites (N-methyl/N-ethyl adjacent to an activating group) is 1. The summed E-state index contributed by atoms with van der Waals surface area (Å²) in [5, 5.41) is 0. The van der Waals surface area contributed by atoms with Gasteiger partial charge in [0.05, 0.1) is 5.69 Å². The first-order valence-corrected chi connectivity index (χ1v) is 13.0. The lowest BCUT2D eigenvalue weighted by Gasteiger charge is -2.12. The van der Waals surface area contributed by atoms with Crippen LogP contribution in [0.2, 0.25) is 0 Å². The zero-order chi connectivity index (χ0) is 27.2. The Bertz CT molecular complexity index is 1290. The second-order valence-corrected chi connectivity index (χ2v) is 8.90. The maximum atomic E-state index is 4.91. The van der Waals surface area contributed by atoms with Gasteiger partial charge in [-0.1, -0.05) is 31.6 Å². The van der Waals surface area contributed by atoms with E-state index in [2.05, 4.69) is 95.0 Å². The fraction of sp³-hybridized carbons (Fsp3) is 0.250. The van der Waals surface area contributed by atoms with Crippen LogP contribution in [-0.4, -0.2) is 48.1 Å². The zero-order valence-electron chi connectivity index (χ0n) is 22.7. The van der Waals surface area contributed by atoms with E-state index in [4.69, 9.17) is 4.99 Å². The van der Waals surface area contributed by atoms with Crippen molar-refractivity contribution in [2.45, 2.75) is 32.6 Å². The van der Waals surface area contributed by atoms with E-state index >= 15 is 0 Å². The molecule has 0 fully saturated rings. The topological polar surface area (TPSA) is 79.8 Å². The molecule has 0 saturated carbocycles. The lowest BCUT2D eigenvalue weighted by atomic mass is 9.96. The molecule has 1 aromatic carbocycles. The van der Waals surface area contributed by atoms with Crippen LogP contribution in [0.5, 0.6) is 0 Å². The molecule has 0 radical (unpaired) electrons. The summed E-state index contributed by atoms with van der Waals surface area (Å²) < 4.78 is 0. The number of pyridine rings is 2. The van der Waals surface area contributed by atoms with Gasteiger partial charge in [-0.2, -0.15) is 0 Å². The number of hydrogen-bond donors (Lipinski definition) is 1. The summed E-state index contributed by atoms with van der Waals surface area (Å²) >= 11 is 0. The number of nitrogens with zero attached hydrogens (tertiary/aromatic N) is 5. The molecule has 2 aromatic heterocycles. The maximum absolute atomic E-state index is 4.91. The van der Waals surface area contributed by atoms with E-state index in [1.54, 1.807) is 12.4 Å². The first-order valence-electron chi connectivity index (χ1n) is 13.0. The van der Waals surface area contributed by atoms with Crippen molar-refractivity contribution in [3.05, 3.63) is 120 Å². The number of amidine groups is 1. The minimum absolute atomic E-state index is 0.568. The highest BCUT2D eigenvalue weighted by Gasteiger charge is 2.11. The van der Waals surface area contributed by atoms with Crippen molar-refractivity contribution in [3.8, 4) is 0 Å². The molecule has 4 rings (SSSR count). The van der Waals surface area contributed by atoms with Crippen molar-refractivity contribution < 1.29 is 0 Å². The molecule has 0 aliphatic carbocycles. The van der Waals surface area contributed by atoms with E-state index < -0.39 is 0 Å². The average Bonchev–Trinajstić information content (AvgIpc) is 3.39. The van der Waals surface area contributed by atoms with E-state index in [1.807, 2.05) is 30.5 Å². The first-order chi connectivity index (χ1) is 18.7. The molecular weight excluding hydrogens is 468 g/mol. The van der Waals surface area contributed by atoms with Crippen LogP contribution in [0.3, 0.4) is 0 Å². The molecule has 0 spiro atoms. The quantitative estimate of drug-likeness (QED) is 0.277. The number of rotatable bonds is 9. The van der Waals surface area contributed by atoms with Gasteiger partial charge in [-0.05, 0) is 110 Å². The first kappa shape index (κ1) is 28.4. The van der Waals surface area contributed by atoms with Gasteiger partial charge in [0.25, 0.3) is 0 Å². The third-order valence-electron chi connectivity index (χ3n) is 6.05. The van der Waals surface area contributed by atoms with Gasteiger partial charge in [0.15, 0.2) is 5.84 Å². The summed E-state index contributed by atoms with van der Waals surface area (Å²) in [6.07, 6.45) is 18.1. The smallest absolute Gasteiger partial charge is 0.160 e. The van der Waals surface area contributed by atoms with Gasteiger partial charge in [-0.25, -0.2) is 9.98 Å². The summed E-state index contributed by atoms with van der Waals surface area (Å²) in [6.45, 7) is 6.89. The van der Waals surface area contributed by atoms with E-state index in [0.717, 1.165) is 54.7 Å². The van der Waals surface area contributed by atoms with Crippen molar-refractivity contribution in [2.75, 3.05) is 20.6 Å². The average molecular weight is 507 g/mol. The molecule has 2 N–H and O–H groups in total. The Kier molecular flexibility index (Phi) is 11.3. The van der Waals surface area contributed by atoms with Gasteiger partial charge in [0.2, 0.25) is 0 Å². The van der Waals surface area contributed by atoms with Gasteiger partial charge in [-0.3, -0.25) is 9.97 Å². The Morgan fingerprint density at radius 3 is 2.61 bits per heavy atom. The van der Waals surface area contributed by atoms with Crippen LogP contribution in [0.1, 0.15) is 42.1 Å². The fourth-order valence-electron chi connectivity index (χ4n) is 4.15. The standard InChI is InChI=1S/C31H33N5.CH5N/c1-4-5-9-25(20-24-16-19-36(3)23-24)26-13-15-30(35-31(32-2)28-10-8-17-33-22-28)27(21-26)12-14-29-11-6-7-18-34-29;1-2/h6-11,13,15-22H,2,4-5,12,14,23H2,1,3H3;2H2,1H3/b24-20-,25-9+,35-31?;. The van der Waals surface area contributed by atoms with Crippen LogP contribution in [0.15, 0.2) is 107 Å². The molecule has 6 heteroatoms. The zero-order valence-corrected chi connectivity index (χ0v) is 22.7.